The van der Waals surface area contributed by atoms with Crippen LogP contribution in [0.1, 0.15) is 17.9 Å². The molecule has 6 nitrogen and oxygen atoms in total. The van der Waals surface area contributed by atoms with Crippen LogP contribution < -0.4 is 0 Å². The van der Waals surface area contributed by atoms with Crippen LogP contribution in [0.4, 0.5) is 0 Å². The predicted molar refractivity (Wildman–Crippen MR) is 99.1 cm³/mol. The summed E-state index contributed by atoms with van der Waals surface area (Å²) in [7, 11) is 2.13. The molecule has 0 saturated carbocycles. The molecule has 0 amide bonds. The minimum atomic E-state index is 0.507. The lowest BCUT2D eigenvalue weighted by atomic mass is 10.2. The highest BCUT2D eigenvalue weighted by molar-refractivity contribution is 5.49. The fourth-order valence-corrected chi connectivity index (χ4v) is 3.42. The van der Waals surface area contributed by atoms with Crippen LogP contribution >= 0.6 is 0 Å². The van der Waals surface area contributed by atoms with Gasteiger partial charge in [0.05, 0.1) is 12.1 Å². The number of likely N-dealkylation sites (tertiary alicyclic amines) is 1. The molecule has 1 aliphatic heterocycles. The first-order valence-corrected chi connectivity index (χ1v) is 8.97. The Kier molecular flexibility index (Phi) is 5.04. The van der Waals surface area contributed by atoms with E-state index >= 15 is 0 Å². The first-order valence-electron chi connectivity index (χ1n) is 8.97. The van der Waals surface area contributed by atoms with Crippen LogP contribution in [0.15, 0.2) is 59.3 Å². The van der Waals surface area contributed by atoms with Gasteiger partial charge in [-0.15, -0.1) is 10.2 Å². The number of benzene rings is 1. The monoisotopic (exact) mass is 349 g/mol. The normalized spacial score (nSPS) is 17.8. The van der Waals surface area contributed by atoms with Gasteiger partial charge in [-0.05, 0) is 31.2 Å². The Hall–Kier alpha value is -2.57. The minimum absolute atomic E-state index is 0.507. The summed E-state index contributed by atoms with van der Waals surface area (Å²) in [5.74, 6) is 1.17. The highest BCUT2D eigenvalue weighted by Crippen LogP contribution is 2.20. The zero-order chi connectivity index (χ0) is 17.8. The fraction of sp³-hybridized carbons (Fsp3) is 0.350. The first kappa shape index (κ1) is 16.9. The summed E-state index contributed by atoms with van der Waals surface area (Å²) in [4.78, 5) is 8.91. The van der Waals surface area contributed by atoms with Crippen LogP contribution in [0.2, 0.25) is 0 Å². The third kappa shape index (κ3) is 3.98. The molecule has 0 spiro atoms. The van der Waals surface area contributed by atoms with Crippen molar-refractivity contribution < 1.29 is 4.42 Å². The maximum Gasteiger partial charge on any atom is 0.249 e. The molecule has 2 aromatic heterocycles. The average molecular weight is 349 g/mol. The summed E-state index contributed by atoms with van der Waals surface area (Å²) in [6, 6.07) is 14.9. The summed E-state index contributed by atoms with van der Waals surface area (Å²) in [6.07, 6.45) is 4.63. The van der Waals surface area contributed by atoms with E-state index in [1.54, 1.807) is 12.4 Å². The van der Waals surface area contributed by atoms with Crippen molar-refractivity contribution in [3.63, 3.8) is 0 Å². The van der Waals surface area contributed by atoms with Gasteiger partial charge in [0.15, 0.2) is 0 Å². The Labute approximate surface area is 153 Å². The van der Waals surface area contributed by atoms with E-state index in [4.69, 9.17) is 4.42 Å². The van der Waals surface area contributed by atoms with Crippen molar-refractivity contribution in [1.82, 2.24) is 25.0 Å². The summed E-state index contributed by atoms with van der Waals surface area (Å²) < 4.78 is 5.80. The topological polar surface area (TPSA) is 58.3 Å². The van der Waals surface area contributed by atoms with Crippen molar-refractivity contribution in [3.05, 3.63) is 66.3 Å². The Bertz CT molecular complexity index is 820. The number of likely N-dealkylation sites (N-methyl/N-ethyl adjacent to an activating group) is 1. The van der Waals surface area contributed by atoms with E-state index in [1.807, 2.05) is 12.1 Å². The van der Waals surface area contributed by atoms with Crippen LogP contribution in [-0.2, 0) is 13.1 Å². The number of hydrogen-bond donors (Lipinski definition) is 0. The molecule has 0 aliphatic carbocycles. The molecular formula is C20H23N5O. The first-order chi connectivity index (χ1) is 12.8. The predicted octanol–water partition coefficient (Wildman–Crippen LogP) is 2.84. The zero-order valence-corrected chi connectivity index (χ0v) is 15.0. The highest BCUT2D eigenvalue weighted by atomic mass is 16.4. The van der Waals surface area contributed by atoms with Gasteiger partial charge in [-0.2, -0.15) is 0 Å². The lowest BCUT2D eigenvalue weighted by Crippen LogP contribution is -2.34. The summed E-state index contributed by atoms with van der Waals surface area (Å²) >= 11 is 0. The molecule has 1 atom stereocenters. The van der Waals surface area contributed by atoms with Gasteiger partial charge in [0, 0.05) is 38.1 Å². The SMILES string of the molecule is CN(Cc1nnc(-c2cccnc2)o1)[C@@H]1CCN(Cc2ccccc2)C1. The molecule has 3 heterocycles. The second kappa shape index (κ2) is 7.76. The molecule has 1 aliphatic rings. The van der Waals surface area contributed by atoms with Crippen LogP contribution in [0.3, 0.4) is 0 Å². The minimum Gasteiger partial charge on any atom is -0.419 e. The van der Waals surface area contributed by atoms with E-state index < -0.39 is 0 Å². The average Bonchev–Trinajstić information content (AvgIpc) is 3.33. The molecule has 0 unspecified atom stereocenters. The van der Waals surface area contributed by atoms with E-state index in [1.165, 1.54) is 5.56 Å². The molecule has 4 rings (SSSR count). The Balaban J connectivity index is 1.33. The molecule has 0 bridgehead atoms. The zero-order valence-electron chi connectivity index (χ0n) is 15.0. The van der Waals surface area contributed by atoms with Crippen molar-refractivity contribution in [1.29, 1.82) is 0 Å². The Morgan fingerprint density at radius 1 is 1.15 bits per heavy atom. The molecule has 1 aromatic carbocycles. The van der Waals surface area contributed by atoms with Gasteiger partial charge in [0.2, 0.25) is 11.8 Å². The molecule has 0 radical (unpaired) electrons. The van der Waals surface area contributed by atoms with Crippen LogP contribution in [-0.4, -0.2) is 51.2 Å². The standard InChI is InChI=1S/C20H23N5O/c1-24(15-19-22-23-20(26-19)17-8-5-10-21-12-17)18-9-11-25(14-18)13-16-6-3-2-4-7-16/h2-8,10,12,18H,9,11,13-15H2,1H3/t18-/m1/s1. The second-order valence-corrected chi connectivity index (χ2v) is 6.82. The maximum absolute atomic E-state index is 5.80. The van der Waals surface area contributed by atoms with Gasteiger partial charge in [-0.25, -0.2) is 0 Å². The fourth-order valence-electron chi connectivity index (χ4n) is 3.42. The van der Waals surface area contributed by atoms with Crippen LogP contribution in [0.25, 0.3) is 11.5 Å². The van der Waals surface area contributed by atoms with Crippen molar-refractivity contribution in [2.24, 2.45) is 0 Å². The summed E-state index contributed by atoms with van der Waals surface area (Å²) in [5, 5.41) is 8.33. The van der Waals surface area contributed by atoms with Crippen molar-refractivity contribution in [2.45, 2.75) is 25.6 Å². The molecule has 1 saturated heterocycles. The van der Waals surface area contributed by atoms with E-state index in [9.17, 15) is 0 Å². The van der Waals surface area contributed by atoms with Crippen LogP contribution in [0, 0.1) is 0 Å². The molecule has 1 fully saturated rings. The Morgan fingerprint density at radius 3 is 2.85 bits per heavy atom. The van der Waals surface area contributed by atoms with Gasteiger partial charge >= 0.3 is 0 Å². The second-order valence-electron chi connectivity index (χ2n) is 6.82. The van der Waals surface area contributed by atoms with Gasteiger partial charge in [-0.1, -0.05) is 30.3 Å². The smallest absolute Gasteiger partial charge is 0.249 e. The van der Waals surface area contributed by atoms with Crippen molar-refractivity contribution in [2.75, 3.05) is 20.1 Å². The van der Waals surface area contributed by atoms with E-state index in [0.29, 0.717) is 24.4 Å². The summed E-state index contributed by atoms with van der Waals surface area (Å²) in [6.45, 7) is 3.86. The lowest BCUT2D eigenvalue weighted by molar-refractivity contribution is 0.206. The van der Waals surface area contributed by atoms with Gasteiger partial charge in [-0.3, -0.25) is 14.8 Å². The number of nitrogens with zero attached hydrogens (tertiary/aromatic N) is 5. The Morgan fingerprint density at radius 2 is 2.04 bits per heavy atom. The molecule has 3 aromatic rings. The number of hydrogen-bond acceptors (Lipinski definition) is 6. The maximum atomic E-state index is 5.80. The molecule has 6 heteroatoms. The van der Waals surface area contributed by atoms with E-state index in [-0.39, 0.29) is 0 Å². The quantitative estimate of drug-likeness (QED) is 0.682. The van der Waals surface area contributed by atoms with E-state index in [2.05, 4.69) is 62.4 Å². The lowest BCUT2D eigenvalue weighted by Gasteiger charge is -2.23. The van der Waals surface area contributed by atoms with Gasteiger partial charge in [0.1, 0.15) is 0 Å². The third-order valence-corrected chi connectivity index (χ3v) is 4.88. The largest absolute Gasteiger partial charge is 0.419 e. The van der Waals surface area contributed by atoms with Crippen molar-refractivity contribution >= 4 is 0 Å². The van der Waals surface area contributed by atoms with Crippen molar-refractivity contribution in [3.8, 4) is 11.5 Å². The number of pyridine rings is 1. The summed E-state index contributed by atoms with van der Waals surface area (Å²) in [5.41, 5.74) is 2.22. The third-order valence-electron chi connectivity index (χ3n) is 4.88. The number of rotatable bonds is 6. The van der Waals surface area contributed by atoms with E-state index in [0.717, 1.165) is 31.6 Å². The molecule has 26 heavy (non-hydrogen) atoms. The number of aromatic nitrogens is 3. The molecule has 134 valence electrons. The van der Waals surface area contributed by atoms with Gasteiger partial charge in [0.25, 0.3) is 0 Å². The molecule has 0 N–H and O–H groups in total. The molecular weight excluding hydrogens is 326 g/mol. The van der Waals surface area contributed by atoms with Gasteiger partial charge < -0.3 is 4.42 Å². The van der Waals surface area contributed by atoms with Crippen LogP contribution in [0.5, 0.6) is 0 Å². The highest BCUT2D eigenvalue weighted by Gasteiger charge is 2.26.